The summed E-state index contributed by atoms with van der Waals surface area (Å²) in [5.41, 5.74) is 1.48. The van der Waals surface area contributed by atoms with Gasteiger partial charge in [0, 0.05) is 24.4 Å². The van der Waals surface area contributed by atoms with E-state index < -0.39 is 0 Å². The minimum atomic E-state index is 0.0935. The SMILES string of the molecule is CC(C)(C)n1nccc1[C@H]1CCCNC1. The van der Waals surface area contributed by atoms with E-state index in [-0.39, 0.29) is 5.54 Å². The zero-order valence-electron chi connectivity index (χ0n) is 9.95. The predicted molar refractivity (Wildman–Crippen MR) is 62.1 cm³/mol. The van der Waals surface area contributed by atoms with Gasteiger partial charge in [0.25, 0.3) is 0 Å². The molecule has 15 heavy (non-hydrogen) atoms. The highest BCUT2D eigenvalue weighted by Gasteiger charge is 2.23. The first-order valence-corrected chi connectivity index (χ1v) is 5.84. The molecule has 3 nitrogen and oxygen atoms in total. The van der Waals surface area contributed by atoms with Gasteiger partial charge >= 0.3 is 0 Å². The third-order valence-corrected chi connectivity index (χ3v) is 3.02. The van der Waals surface area contributed by atoms with Crippen molar-refractivity contribution in [2.75, 3.05) is 13.1 Å². The molecule has 3 heteroatoms. The average Bonchev–Trinajstić information content (AvgIpc) is 2.67. The lowest BCUT2D eigenvalue weighted by atomic mass is 9.95. The van der Waals surface area contributed by atoms with Gasteiger partial charge in [-0.15, -0.1) is 0 Å². The highest BCUT2D eigenvalue weighted by Crippen LogP contribution is 2.26. The third-order valence-electron chi connectivity index (χ3n) is 3.02. The van der Waals surface area contributed by atoms with E-state index in [1.54, 1.807) is 0 Å². The molecule has 1 aromatic rings. The quantitative estimate of drug-likeness (QED) is 0.764. The summed E-state index contributed by atoms with van der Waals surface area (Å²) in [7, 11) is 0. The number of nitrogens with zero attached hydrogens (tertiary/aromatic N) is 2. The highest BCUT2D eigenvalue weighted by molar-refractivity contribution is 5.11. The van der Waals surface area contributed by atoms with Crippen molar-refractivity contribution >= 4 is 0 Å². The fourth-order valence-corrected chi connectivity index (χ4v) is 2.29. The van der Waals surface area contributed by atoms with Gasteiger partial charge in [0.2, 0.25) is 0 Å². The van der Waals surface area contributed by atoms with E-state index in [0.29, 0.717) is 5.92 Å². The molecule has 1 saturated heterocycles. The molecule has 0 spiro atoms. The summed E-state index contributed by atoms with van der Waals surface area (Å²) in [5.74, 6) is 0.639. The Morgan fingerprint density at radius 3 is 2.87 bits per heavy atom. The van der Waals surface area contributed by atoms with Crippen molar-refractivity contribution in [3.63, 3.8) is 0 Å². The van der Waals surface area contributed by atoms with Crippen LogP contribution in [0, 0.1) is 0 Å². The molecule has 1 fully saturated rings. The summed E-state index contributed by atoms with van der Waals surface area (Å²) in [6, 6.07) is 2.17. The lowest BCUT2D eigenvalue weighted by molar-refractivity contribution is 0.323. The van der Waals surface area contributed by atoms with Crippen molar-refractivity contribution in [2.45, 2.75) is 45.1 Å². The maximum Gasteiger partial charge on any atom is 0.0546 e. The molecule has 84 valence electrons. The maximum absolute atomic E-state index is 4.45. The second kappa shape index (κ2) is 3.97. The number of hydrogen-bond donors (Lipinski definition) is 1. The second-order valence-corrected chi connectivity index (χ2v) is 5.38. The van der Waals surface area contributed by atoms with Crippen molar-refractivity contribution in [3.05, 3.63) is 18.0 Å². The fraction of sp³-hybridized carbons (Fsp3) is 0.750. The Labute approximate surface area is 91.9 Å². The molecule has 1 aliphatic rings. The van der Waals surface area contributed by atoms with Gasteiger partial charge in [-0.3, -0.25) is 4.68 Å². The number of nitrogens with one attached hydrogen (secondary N) is 1. The second-order valence-electron chi connectivity index (χ2n) is 5.38. The Morgan fingerprint density at radius 1 is 1.47 bits per heavy atom. The molecule has 1 N–H and O–H groups in total. The lowest BCUT2D eigenvalue weighted by Crippen LogP contribution is -2.33. The predicted octanol–water partition coefficient (Wildman–Crippen LogP) is 2.11. The van der Waals surface area contributed by atoms with Gasteiger partial charge in [-0.1, -0.05) is 0 Å². The van der Waals surface area contributed by atoms with Crippen LogP contribution >= 0.6 is 0 Å². The fourth-order valence-electron chi connectivity index (χ4n) is 2.29. The van der Waals surface area contributed by atoms with Crippen LogP contribution in [0.5, 0.6) is 0 Å². The molecule has 0 saturated carbocycles. The van der Waals surface area contributed by atoms with Gasteiger partial charge in [0.15, 0.2) is 0 Å². The first-order chi connectivity index (χ1) is 7.09. The minimum absolute atomic E-state index is 0.0935. The van der Waals surface area contributed by atoms with Crippen molar-refractivity contribution in [1.29, 1.82) is 0 Å². The van der Waals surface area contributed by atoms with E-state index in [4.69, 9.17) is 0 Å². The molecule has 2 rings (SSSR count). The highest BCUT2D eigenvalue weighted by atomic mass is 15.3. The molecule has 0 unspecified atom stereocenters. The van der Waals surface area contributed by atoms with Gasteiger partial charge in [0.1, 0.15) is 0 Å². The van der Waals surface area contributed by atoms with Gasteiger partial charge in [-0.05, 0) is 46.2 Å². The van der Waals surface area contributed by atoms with Crippen molar-refractivity contribution in [3.8, 4) is 0 Å². The van der Waals surface area contributed by atoms with Crippen LogP contribution in [0.3, 0.4) is 0 Å². The van der Waals surface area contributed by atoms with Crippen LogP contribution in [0.15, 0.2) is 12.3 Å². The van der Waals surface area contributed by atoms with E-state index in [9.17, 15) is 0 Å². The summed E-state index contributed by atoms with van der Waals surface area (Å²) in [4.78, 5) is 0. The van der Waals surface area contributed by atoms with Crippen LogP contribution in [0.1, 0.15) is 45.2 Å². The Morgan fingerprint density at radius 2 is 2.27 bits per heavy atom. The molecule has 0 bridgehead atoms. The zero-order chi connectivity index (χ0) is 10.9. The van der Waals surface area contributed by atoms with Gasteiger partial charge in [0.05, 0.1) is 5.54 Å². The Balaban J connectivity index is 2.24. The van der Waals surface area contributed by atoms with Crippen LogP contribution < -0.4 is 5.32 Å². The molecule has 0 aliphatic carbocycles. The van der Waals surface area contributed by atoms with Gasteiger partial charge in [-0.2, -0.15) is 5.10 Å². The van der Waals surface area contributed by atoms with E-state index in [1.807, 2.05) is 6.20 Å². The van der Waals surface area contributed by atoms with E-state index in [0.717, 1.165) is 6.54 Å². The summed E-state index contributed by atoms with van der Waals surface area (Å²) in [6.07, 6.45) is 4.49. The smallest absolute Gasteiger partial charge is 0.0546 e. The summed E-state index contributed by atoms with van der Waals surface area (Å²) in [6.45, 7) is 8.89. The Hall–Kier alpha value is -0.830. The van der Waals surface area contributed by atoms with Crippen LogP contribution in [0.4, 0.5) is 0 Å². The number of piperidine rings is 1. The molecule has 0 radical (unpaired) electrons. The standard InChI is InChI=1S/C12H21N3/c1-12(2,3)15-11(6-8-14-15)10-5-4-7-13-9-10/h6,8,10,13H,4-5,7,9H2,1-3H3/t10-/m0/s1. The summed E-state index contributed by atoms with van der Waals surface area (Å²) < 4.78 is 2.17. The van der Waals surface area contributed by atoms with Crippen LogP contribution in [-0.2, 0) is 5.54 Å². The minimum Gasteiger partial charge on any atom is -0.316 e. The normalized spacial score (nSPS) is 23.0. The molecule has 0 amide bonds. The molecule has 1 atom stereocenters. The maximum atomic E-state index is 4.45. The molecular weight excluding hydrogens is 186 g/mol. The van der Waals surface area contributed by atoms with Crippen molar-refractivity contribution < 1.29 is 0 Å². The van der Waals surface area contributed by atoms with Crippen LogP contribution in [0.2, 0.25) is 0 Å². The largest absolute Gasteiger partial charge is 0.316 e. The molecule has 0 aromatic carbocycles. The first-order valence-electron chi connectivity index (χ1n) is 5.84. The number of rotatable bonds is 1. The van der Waals surface area contributed by atoms with E-state index in [1.165, 1.54) is 25.1 Å². The zero-order valence-corrected chi connectivity index (χ0v) is 9.95. The monoisotopic (exact) mass is 207 g/mol. The first kappa shape index (κ1) is 10.7. The third kappa shape index (κ3) is 2.23. The molecular formula is C12H21N3. The van der Waals surface area contributed by atoms with Crippen LogP contribution in [0.25, 0.3) is 0 Å². The van der Waals surface area contributed by atoms with E-state index >= 15 is 0 Å². The van der Waals surface area contributed by atoms with Gasteiger partial charge < -0.3 is 5.32 Å². The summed E-state index contributed by atoms with van der Waals surface area (Å²) in [5, 5.41) is 7.91. The molecule has 1 aromatic heterocycles. The number of aromatic nitrogens is 2. The topological polar surface area (TPSA) is 29.9 Å². The average molecular weight is 207 g/mol. The van der Waals surface area contributed by atoms with E-state index in [2.05, 4.69) is 41.9 Å². The Kier molecular flexibility index (Phi) is 2.83. The van der Waals surface area contributed by atoms with Crippen molar-refractivity contribution in [1.82, 2.24) is 15.1 Å². The Bertz CT molecular complexity index is 316. The van der Waals surface area contributed by atoms with Crippen molar-refractivity contribution in [2.24, 2.45) is 0 Å². The molecule has 1 aliphatic heterocycles. The lowest BCUT2D eigenvalue weighted by Gasteiger charge is -2.28. The number of hydrogen-bond acceptors (Lipinski definition) is 2. The van der Waals surface area contributed by atoms with Gasteiger partial charge in [-0.25, -0.2) is 0 Å². The summed E-state index contributed by atoms with van der Waals surface area (Å²) >= 11 is 0. The van der Waals surface area contributed by atoms with Crippen LogP contribution in [-0.4, -0.2) is 22.9 Å². The molecule has 2 heterocycles.